The number of fused-ring (bicyclic) bond motifs is 3. The van der Waals surface area contributed by atoms with Crippen LogP contribution in [0.3, 0.4) is 0 Å². The van der Waals surface area contributed by atoms with Gasteiger partial charge in [-0.15, -0.1) is 0 Å². The van der Waals surface area contributed by atoms with Crippen molar-refractivity contribution in [3.63, 3.8) is 0 Å². The SMILES string of the molecule is CNS(=O)(=O)OC[C@@]12OC[C@H]3OC(C)(C)O[C@@H]3C1OC(C)(C)O2. The fourth-order valence-corrected chi connectivity index (χ4v) is 3.60. The molecule has 0 saturated carbocycles. The molecule has 9 nitrogen and oxygen atoms in total. The Hall–Kier alpha value is -0.330. The molecule has 3 heterocycles. The summed E-state index contributed by atoms with van der Waals surface area (Å²) in [5.74, 6) is -3.12. The van der Waals surface area contributed by atoms with Gasteiger partial charge in [0.25, 0.3) is 0 Å². The largest absolute Gasteiger partial charge is 0.343 e. The summed E-state index contributed by atoms with van der Waals surface area (Å²) >= 11 is 0. The van der Waals surface area contributed by atoms with Crippen LogP contribution in [0.4, 0.5) is 0 Å². The Balaban J connectivity index is 1.85. The minimum Gasteiger partial charge on any atom is -0.343 e. The molecule has 10 heteroatoms. The molecule has 0 amide bonds. The highest BCUT2D eigenvalue weighted by Gasteiger charge is 2.65. The lowest BCUT2D eigenvalue weighted by Gasteiger charge is -2.40. The van der Waals surface area contributed by atoms with E-state index in [1.807, 2.05) is 0 Å². The smallest absolute Gasteiger partial charge is 0.335 e. The average Bonchev–Trinajstić information content (AvgIpc) is 2.88. The molecule has 3 rings (SSSR count). The molecule has 1 unspecified atom stereocenters. The number of hydrogen-bond acceptors (Lipinski definition) is 8. The molecule has 23 heavy (non-hydrogen) atoms. The molecule has 3 fully saturated rings. The van der Waals surface area contributed by atoms with Gasteiger partial charge in [0.05, 0.1) is 6.61 Å². The van der Waals surface area contributed by atoms with Crippen molar-refractivity contribution in [1.29, 1.82) is 0 Å². The van der Waals surface area contributed by atoms with Crippen LogP contribution in [-0.2, 0) is 38.2 Å². The molecule has 3 aliphatic rings. The second-order valence-corrected chi connectivity index (χ2v) is 8.27. The molecule has 3 saturated heterocycles. The zero-order valence-corrected chi connectivity index (χ0v) is 14.6. The highest BCUT2D eigenvalue weighted by molar-refractivity contribution is 7.84. The van der Waals surface area contributed by atoms with Gasteiger partial charge in [-0.1, -0.05) is 0 Å². The van der Waals surface area contributed by atoms with Crippen LogP contribution in [0.2, 0.25) is 0 Å². The van der Waals surface area contributed by atoms with E-state index < -0.39 is 39.9 Å². The van der Waals surface area contributed by atoms with E-state index in [-0.39, 0.29) is 19.3 Å². The Morgan fingerprint density at radius 3 is 2.48 bits per heavy atom. The van der Waals surface area contributed by atoms with Gasteiger partial charge < -0.3 is 23.7 Å². The van der Waals surface area contributed by atoms with Crippen molar-refractivity contribution < 1.29 is 36.3 Å². The van der Waals surface area contributed by atoms with E-state index in [0.717, 1.165) is 0 Å². The van der Waals surface area contributed by atoms with Gasteiger partial charge in [-0.3, -0.25) is 4.18 Å². The summed E-state index contributed by atoms with van der Waals surface area (Å²) in [6, 6.07) is 0. The van der Waals surface area contributed by atoms with Crippen LogP contribution in [0.5, 0.6) is 0 Å². The zero-order valence-electron chi connectivity index (χ0n) is 13.8. The van der Waals surface area contributed by atoms with E-state index in [0.29, 0.717) is 0 Å². The first-order chi connectivity index (χ1) is 10.5. The molecule has 4 atom stereocenters. The maximum absolute atomic E-state index is 11.6. The third-order valence-corrected chi connectivity index (χ3v) is 4.87. The van der Waals surface area contributed by atoms with Crippen molar-refractivity contribution in [1.82, 2.24) is 4.72 Å². The molecular formula is C13H23NO8S. The van der Waals surface area contributed by atoms with Crippen LogP contribution in [-0.4, -0.2) is 64.4 Å². The van der Waals surface area contributed by atoms with Crippen LogP contribution >= 0.6 is 0 Å². The quantitative estimate of drug-likeness (QED) is 0.745. The maximum Gasteiger partial charge on any atom is 0.335 e. The first-order valence-electron chi connectivity index (χ1n) is 7.43. The maximum atomic E-state index is 11.6. The summed E-state index contributed by atoms with van der Waals surface area (Å²) in [4.78, 5) is 0. The lowest BCUT2D eigenvalue weighted by atomic mass is 9.98. The normalized spacial score (nSPS) is 41.5. The van der Waals surface area contributed by atoms with E-state index >= 15 is 0 Å². The Morgan fingerprint density at radius 1 is 1.13 bits per heavy atom. The van der Waals surface area contributed by atoms with Gasteiger partial charge in [0, 0.05) is 7.05 Å². The second kappa shape index (κ2) is 5.33. The summed E-state index contributed by atoms with van der Waals surface area (Å²) in [6.45, 7) is 6.88. The molecule has 3 aliphatic heterocycles. The Bertz CT molecular complexity index is 577. The van der Waals surface area contributed by atoms with Crippen molar-refractivity contribution in [2.24, 2.45) is 0 Å². The van der Waals surface area contributed by atoms with Gasteiger partial charge in [-0.2, -0.15) is 13.1 Å². The molecule has 0 spiro atoms. The highest BCUT2D eigenvalue weighted by Crippen LogP contribution is 2.47. The second-order valence-electron chi connectivity index (χ2n) is 6.72. The monoisotopic (exact) mass is 353 g/mol. The highest BCUT2D eigenvalue weighted by atomic mass is 32.2. The van der Waals surface area contributed by atoms with Crippen LogP contribution in [0.25, 0.3) is 0 Å². The van der Waals surface area contributed by atoms with Crippen molar-refractivity contribution >= 4 is 10.3 Å². The summed E-state index contributed by atoms with van der Waals surface area (Å²) in [7, 11) is -2.62. The van der Waals surface area contributed by atoms with E-state index in [1.54, 1.807) is 27.7 Å². The van der Waals surface area contributed by atoms with Gasteiger partial charge in [-0.25, -0.2) is 0 Å². The Kier molecular flexibility index (Phi) is 4.06. The van der Waals surface area contributed by atoms with Crippen molar-refractivity contribution in [3.8, 4) is 0 Å². The number of rotatable bonds is 4. The third-order valence-electron chi connectivity index (χ3n) is 3.94. The molecular weight excluding hydrogens is 330 g/mol. The Morgan fingerprint density at radius 2 is 1.83 bits per heavy atom. The van der Waals surface area contributed by atoms with Crippen molar-refractivity contribution in [2.45, 2.75) is 63.4 Å². The first-order valence-corrected chi connectivity index (χ1v) is 8.84. The summed E-state index contributed by atoms with van der Waals surface area (Å²) in [5, 5.41) is 0. The van der Waals surface area contributed by atoms with Gasteiger partial charge >= 0.3 is 10.3 Å². The lowest BCUT2D eigenvalue weighted by Crippen LogP contribution is -2.60. The molecule has 0 aromatic carbocycles. The zero-order chi connectivity index (χ0) is 17.1. The number of ether oxygens (including phenoxy) is 5. The van der Waals surface area contributed by atoms with E-state index in [1.165, 1.54) is 7.05 Å². The first kappa shape index (κ1) is 17.5. The molecule has 0 aliphatic carbocycles. The van der Waals surface area contributed by atoms with Crippen molar-refractivity contribution in [3.05, 3.63) is 0 Å². The summed E-state index contributed by atoms with van der Waals surface area (Å²) in [6.07, 6.45) is -1.44. The fourth-order valence-electron chi connectivity index (χ4n) is 3.17. The number of nitrogens with one attached hydrogen (secondary N) is 1. The predicted molar refractivity (Wildman–Crippen MR) is 76.5 cm³/mol. The summed E-state index contributed by atoms with van der Waals surface area (Å²) < 4.78 is 59.5. The lowest BCUT2D eigenvalue weighted by molar-refractivity contribution is -0.290. The fraction of sp³-hybridized carbons (Fsp3) is 1.00. The van der Waals surface area contributed by atoms with Crippen LogP contribution in [0.15, 0.2) is 0 Å². The van der Waals surface area contributed by atoms with Crippen LogP contribution in [0, 0.1) is 0 Å². The van der Waals surface area contributed by atoms with Crippen LogP contribution in [0.1, 0.15) is 27.7 Å². The van der Waals surface area contributed by atoms with Gasteiger partial charge in [0.1, 0.15) is 24.9 Å². The van der Waals surface area contributed by atoms with Gasteiger partial charge in [-0.05, 0) is 27.7 Å². The molecule has 134 valence electrons. The standard InChI is InChI=1S/C13H23NO8S/c1-11(2)19-8-6-17-13(7-18-23(15,16)14-5)10(9(8)20-11)21-12(3,4)22-13/h8-10,14H,6-7H2,1-5H3/t8-,9+,10?,13+/m1/s1. The van der Waals surface area contributed by atoms with Crippen molar-refractivity contribution in [2.75, 3.05) is 20.3 Å². The topological polar surface area (TPSA) is 102 Å². The van der Waals surface area contributed by atoms with Gasteiger partial charge in [0.2, 0.25) is 5.79 Å². The predicted octanol–water partition coefficient (Wildman–Crippen LogP) is -0.135. The Labute approximate surface area is 135 Å². The summed E-state index contributed by atoms with van der Waals surface area (Å²) in [5.41, 5.74) is 0. The average molecular weight is 353 g/mol. The van der Waals surface area contributed by atoms with E-state index in [9.17, 15) is 8.42 Å². The molecule has 0 radical (unpaired) electrons. The third kappa shape index (κ3) is 3.27. The van der Waals surface area contributed by atoms with Crippen LogP contribution < -0.4 is 4.72 Å². The van der Waals surface area contributed by atoms with E-state index in [2.05, 4.69) is 4.72 Å². The van der Waals surface area contributed by atoms with Gasteiger partial charge in [0.15, 0.2) is 11.6 Å². The molecule has 0 aromatic rings. The molecule has 0 aromatic heterocycles. The molecule has 0 bridgehead atoms. The minimum absolute atomic E-state index is 0.187. The van der Waals surface area contributed by atoms with E-state index in [4.69, 9.17) is 27.9 Å². The molecule has 1 N–H and O–H groups in total. The minimum atomic E-state index is -3.88. The number of hydrogen-bond donors (Lipinski definition) is 1.